The van der Waals surface area contributed by atoms with Gasteiger partial charge in [0.05, 0.1) is 11.3 Å². The van der Waals surface area contributed by atoms with Gasteiger partial charge >= 0.3 is 6.18 Å². The predicted molar refractivity (Wildman–Crippen MR) is 108 cm³/mol. The summed E-state index contributed by atoms with van der Waals surface area (Å²) in [5.74, 6) is 1.23. The summed E-state index contributed by atoms with van der Waals surface area (Å²) in [6.07, 6.45) is 3.02. The van der Waals surface area contributed by atoms with Crippen LogP contribution in [0.1, 0.15) is 48.8 Å². The monoisotopic (exact) mass is 409 g/mol. The number of alkyl halides is 3. The van der Waals surface area contributed by atoms with Gasteiger partial charge in [0, 0.05) is 17.8 Å². The molecule has 1 aromatic heterocycles. The lowest BCUT2D eigenvalue weighted by molar-refractivity contribution is -0.137. The van der Waals surface area contributed by atoms with Crippen LogP contribution in [-0.4, -0.2) is 11.0 Å². The molecule has 2 aromatic rings. The first kappa shape index (κ1) is 19.2. The normalized spacial score (nSPS) is 23.3. The first-order valence-corrected chi connectivity index (χ1v) is 10.5. The molecule has 2 heterocycles. The molecule has 2 atom stereocenters. The van der Waals surface area contributed by atoms with E-state index in [2.05, 4.69) is 22.4 Å². The van der Waals surface area contributed by atoms with E-state index in [-0.39, 0.29) is 0 Å². The Morgan fingerprint density at radius 1 is 1.07 bits per heavy atom. The summed E-state index contributed by atoms with van der Waals surface area (Å²) < 4.78 is 38.7. The molecule has 1 aliphatic heterocycles. The Kier molecular flexibility index (Phi) is 4.57. The van der Waals surface area contributed by atoms with Crippen molar-refractivity contribution in [2.24, 2.45) is 11.8 Å². The molecule has 0 amide bonds. The number of nitrogens with zero attached hydrogens (tertiary/aromatic N) is 2. The maximum atomic E-state index is 12.9. The lowest BCUT2D eigenvalue weighted by Crippen LogP contribution is -2.46. The van der Waals surface area contributed by atoms with Crippen molar-refractivity contribution < 1.29 is 13.2 Å². The fourth-order valence-corrected chi connectivity index (χ4v) is 4.52. The van der Waals surface area contributed by atoms with Gasteiger partial charge in [-0.1, -0.05) is 6.07 Å². The molecule has 1 aromatic carbocycles. The van der Waals surface area contributed by atoms with E-state index in [1.54, 1.807) is 0 Å². The van der Waals surface area contributed by atoms with E-state index in [9.17, 15) is 18.4 Å². The average Bonchev–Trinajstić information content (AvgIpc) is 3.52. The molecule has 1 N–H and O–H groups in total. The van der Waals surface area contributed by atoms with Crippen LogP contribution in [0.15, 0.2) is 42.2 Å². The smallest absolute Gasteiger partial charge is 0.373 e. The minimum atomic E-state index is -4.40. The summed E-state index contributed by atoms with van der Waals surface area (Å²) in [6.45, 7) is 0. The highest BCUT2D eigenvalue weighted by atomic mass is 19.4. The van der Waals surface area contributed by atoms with Crippen molar-refractivity contribution in [3.8, 4) is 17.3 Å². The van der Waals surface area contributed by atoms with Crippen LogP contribution in [0.2, 0.25) is 0 Å². The Bertz CT molecular complexity index is 1040. The van der Waals surface area contributed by atoms with Crippen LogP contribution in [-0.2, 0) is 12.6 Å². The van der Waals surface area contributed by atoms with Gasteiger partial charge in [0.15, 0.2) is 0 Å². The van der Waals surface area contributed by atoms with E-state index in [1.165, 1.54) is 18.9 Å². The predicted octanol–water partition coefficient (Wildman–Crippen LogP) is 5.73. The van der Waals surface area contributed by atoms with Gasteiger partial charge in [0.1, 0.15) is 11.8 Å². The number of hydrogen-bond acceptors (Lipinski definition) is 3. The van der Waals surface area contributed by atoms with Gasteiger partial charge in [-0.3, -0.25) is 4.98 Å². The molecule has 2 fully saturated rings. The Morgan fingerprint density at radius 2 is 1.87 bits per heavy atom. The number of aromatic nitrogens is 1. The second-order valence-corrected chi connectivity index (χ2v) is 8.75. The molecule has 2 aliphatic carbocycles. The van der Waals surface area contributed by atoms with Crippen LogP contribution in [0.3, 0.4) is 0 Å². The van der Waals surface area contributed by atoms with Crippen molar-refractivity contribution in [3.63, 3.8) is 0 Å². The Balaban J connectivity index is 1.56. The second-order valence-electron chi connectivity index (χ2n) is 8.75. The van der Waals surface area contributed by atoms with Crippen molar-refractivity contribution in [3.05, 3.63) is 58.9 Å². The number of rotatable bonds is 4. The molecule has 2 saturated carbocycles. The fourth-order valence-electron chi connectivity index (χ4n) is 4.52. The standard InChI is InChI=1S/C24H22F3N3/c25-24(26,27)19-4-6-21(29-13-19)18-9-15(7-14-1-2-14)8-17(10-18)20-11-16-3-5-22(16)30-23(20)12-28/h4,6,8-10,13-14,16,22,30H,1-3,5,7,11H2/t16-,22?/m0/s1. The number of allylic oxidation sites excluding steroid dienone is 2. The van der Waals surface area contributed by atoms with Crippen LogP contribution in [0.25, 0.3) is 16.8 Å². The first-order chi connectivity index (χ1) is 14.4. The molecule has 1 unspecified atom stereocenters. The van der Waals surface area contributed by atoms with Gasteiger partial charge in [0.2, 0.25) is 0 Å². The Hall–Kier alpha value is -2.81. The number of pyridine rings is 1. The van der Waals surface area contributed by atoms with Crippen LogP contribution in [0.5, 0.6) is 0 Å². The van der Waals surface area contributed by atoms with E-state index in [0.29, 0.717) is 29.3 Å². The van der Waals surface area contributed by atoms with Crippen molar-refractivity contribution >= 4 is 5.57 Å². The molecule has 6 heteroatoms. The second kappa shape index (κ2) is 7.16. The van der Waals surface area contributed by atoms with Gasteiger partial charge in [-0.25, -0.2) is 0 Å². The third-order valence-corrected chi connectivity index (χ3v) is 6.58. The van der Waals surface area contributed by atoms with E-state index < -0.39 is 11.7 Å². The number of halogens is 3. The molecule has 154 valence electrons. The van der Waals surface area contributed by atoms with E-state index in [4.69, 9.17) is 0 Å². The third-order valence-electron chi connectivity index (χ3n) is 6.58. The SMILES string of the molecule is N#CC1=C(c2cc(CC3CC3)cc(-c3ccc(C(F)(F)F)cn3)c2)C[C@@H]2CCC2N1. The van der Waals surface area contributed by atoms with Crippen molar-refractivity contribution in [2.45, 2.75) is 50.7 Å². The highest BCUT2D eigenvalue weighted by Crippen LogP contribution is 2.42. The minimum Gasteiger partial charge on any atom is -0.373 e. The Morgan fingerprint density at radius 3 is 2.47 bits per heavy atom. The Labute approximate surface area is 173 Å². The molecule has 0 bridgehead atoms. The van der Waals surface area contributed by atoms with E-state index in [1.807, 2.05) is 12.1 Å². The molecule has 30 heavy (non-hydrogen) atoms. The van der Waals surface area contributed by atoms with Gasteiger partial charge in [-0.2, -0.15) is 18.4 Å². The maximum absolute atomic E-state index is 12.9. The summed E-state index contributed by atoms with van der Waals surface area (Å²) >= 11 is 0. The summed E-state index contributed by atoms with van der Waals surface area (Å²) in [7, 11) is 0. The summed E-state index contributed by atoms with van der Waals surface area (Å²) in [5, 5.41) is 13.1. The number of benzene rings is 1. The molecule has 3 nitrogen and oxygen atoms in total. The van der Waals surface area contributed by atoms with Gasteiger partial charge in [-0.05, 0) is 91.3 Å². The van der Waals surface area contributed by atoms with Crippen molar-refractivity contribution in [1.29, 1.82) is 5.26 Å². The maximum Gasteiger partial charge on any atom is 0.417 e. The molecular formula is C24H22F3N3. The highest BCUT2D eigenvalue weighted by molar-refractivity contribution is 5.77. The van der Waals surface area contributed by atoms with E-state index >= 15 is 0 Å². The van der Waals surface area contributed by atoms with Crippen LogP contribution >= 0.6 is 0 Å². The number of nitriles is 1. The van der Waals surface area contributed by atoms with E-state index in [0.717, 1.165) is 60.2 Å². The van der Waals surface area contributed by atoms with Crippen molar-refractivity contribution in [1.82, 2.24) is 10.3 Å². The van der Waals surface area contributed by atoms with Gasteiger partial charge in [0.25, 0.3) is 0 Å². The highest BCUT2D eigenvalue weighted by Gasteiger charge is 2.37. The largest absolute Gasteiger partial charge is 0.417 e. The zero-order valence-electron chi connectivity index (χ0n) is 16.5. The van der Waals surface area contributed by atoms with Gasteiger partial charge < -0.3 is 5.32 Å². The summed E-state index contributed by atoms with van der Waals surface area (Å²) in [5.41, 5.74) is 4.37. The topological polar surface area (TPSA) is 48.7 Å². The minimum absolute atomic E-state index is 0.397. The number of fused-ring (bicyclic) bond motifs is 1. The lowest BCUT2D eigenvalue weighted by Gasteiger charge is -2.42. The number of nitrogens with one attached hydrogen (secondary N) is 1. The zero-order chi connectivity index (χ0) is 20.9. The quantitative estimate of drug-likeness (QED) is 0.702. The first-order valence-electron chi connectivity index (χ1n) is 10.5. The molecule has 0 spiro atoms. The zero-order valence-corrected chi connectivity index (χ0v) is 16.5. The van der Waals surface area contributed by atoms with Crippen LogP contribution in [0.4, 0.5) is 13.2 Å². The van der Waals surface area contributed by atoms with Crippen molar-refractivity contribution in [2.75, 3.05) is 0 Å². The summed E-state index contributed by atoms with van der Waals surface area (Å²) in [4.78, 5) is 4.10. The number of hydrogen-bond donors (Lipinski definition) is 1. The molecular weight excluding hydrogens is 387 g/mol. The van der Waals surface area contributed by atoms with Crippen LogP contribution in [0, 0.1) is 23.2 Å². The fraction of sp³-hybridized carbons (Fsp3) is 0.417. The van der Waals surface area contributed by atoms with Gasteiger partial charge in [-0.15, -0.1) is 0 Å². The average molecular weight is 409 g/mol. The lowest BCUT2D eigenvalue weighted by atomic mass is 9.72. The molecule has 5 rings (SSSR count). The molecule has 0 radical (unpaired) electrons. The molecule has 3 aliphatic rings. The van der Waals surface area contributed by atoms with Crippen LogP contribution < -0.4 is 5.32 Å². The third kappa shape index (κ3) is 3.69. The molecule has 0 saturated heterocycles. The summed E-state index contributed by atoms with van der Waals surface area (Å²) in [6, 6.07) is 11.4.